The number of sulfonamides is 1. The van der Waals surface area contributed by atoms with Gasteiger partial charge in [-0.2, -0.15) is 0 Å². The molecule has 1 aliphatic carbocycles. The average molecular weight is 595 g/mol. The van der Waals surface area contributed by atoms with E-state index in [1.165, 1.54) is 30.4 Å². The van der Waals surface area contributed by atoms with Gasteiger partial charge in [-0.25, -0.2) is 17.8 Å². The van der Waals surface area contributed by atoms with Crippen LogP contribution in [-0.4, -0.2) is 52.3 Å². The third-order valence-corrected chi connectivity index (χ3v) is 7.92. The van der Waals surface area contributed by atoms with Gasteiger partial charge >= 0.3 is 0 Å². The Balaban J connectivity index is 1.68. The van der Waals surface area contributed by atoms with E-state index in [1.807, 2.05) is 0 Å². The number of carbonyl (C=O) groups excluding carboxylic acids is 2. The Morgan fingerprint density at radius 1 is 1.05 bits per heavy atom. The Kier molecular flexibility index (Phi) is 9.46. The number of hydrogen-bond donors (Lipinski definition) is 4. The highest BCUT2D eigenvalue weighted by Gasteiger charge is 2.32. The number of rotatable bonds is 12. The number of benzene rings is 3. The first-order valence-electron chi connectivity index (χ1n) is 13.6. The second kappa shape index (κ2) is 13.0. The summed E-state index contributed by atoms with van der Waals surface area (Å²) in [5.41, 5.74) is 10.4. The molecule has 0 aliphatic heterocycles. The summed E-state index contributed by atoms with van der Waals surface area (Å²) in [6, 6.07) is 16.4. The summed E-state index contributed by atoms with van der Waals surface area (Å²) in [6.45, 7) is 1.90. The molecular weight excluding hydrogens is 559 g/mol. The van der Waals surface area contributed by atoms with E-state index in [0.717, 1.165) is 36.0 Å². The number of anilines is 4. The van der Waals surface area contributed by atoms with E-state index < -0.39 is 15.9 Å². The van der Waals surface area contributed by atoms with Crippen LogP contribution in [0.3, 0.4) is 0 Å². The van der Waals surface area contributed by atoms with Gasteiger partial charge in [0.05, 0.1) is 17.6 Å². The minimum atomic E-state index is -3.66. The molecule has 1 saturated carbocycles. The first-order chi connectivity index (χ1) is 20.0. The second-order valence-corrected chi connectivity index (χ2v) is 12.1. The number of likely N-dealkylation sites (N-methyl/N-ethyl adjacent to an activating group) is 1. The van der Waals surface area contributed by atoms with Gasteiger partial charge in [-0.15, -0.1) is 0 Å². The summed E-state index contributed by atoms with van der Waals surface area (Å²) in [4.78, 5) is 28.9. The van der Waals surface area contributed by atoms with Gasteiger partial charge < -0.3 is 21.7 Å². The zero-order valence-corrected chi connectivity index (χ0v) is 24.6. The van der Waals surface area contributed by atoms with Crippen molar-refractivity contribution >= 4 is 56.0 Å². The number of hydrogen-bond acceptors (Lipinski definition) is 7. The molecule has 0 spiro atoms. The van der Waals surface area contributed by atoms with Gasteiger partial charge in [-0.3, -0.25) is 13.9 Å². The summed E-state index contributed by atoms with van der Waals surface area (Å²) in [7, 11) is -2.16. The lowest BCUT2D eigenvalue weighted by atomic mass is 9.98. The number of aliphatic imine (C=N–C) groups is 1. The molecule has 0 bridgehead atoms. The van der Waals surface area contributed by atoms with E-state index in [9.17, 15) is 22.4 Å². The maximum atomic E-state index is 13.2. The van der Waals surface area contributed by atoms with Gasteiger partial charge in [0, 0.05) is 49.7 Å². The highest BCUT2D eigenvalue weighted by molar-refractivity contribution is 7.92. The number of nitrogens with one attached hydrogen (secondary N) is 3. The normalized spacial score (nSPS) is 13.4. The molecule has 0 unspecified atom stereocenters. The molecule has 0 heterocycles. The van der Waals surface area contributed by atoms with Crippen molar-refractivity contribution in [1.82, 2.24) is 10.6 Å². The number of nitrogen functional groups attached to an aromatic ring is 1. The summed E-state index contributed by atoms with van der Waals surface area (Å²) in [5.74, 6) is -0.829. The van der Waals surface area contributed by atoms with Crippen molar-refractivity contribution in [3.05, 3.63) is 77.6 Å². The standard InChI is InChI=1S/C30H35FN6O4S/c1-19(38)34-15-4-16-37(42(3,40)41)28-18-27(32)26(17-25(28)20-5-6-20)29(30(39)33-2)36-24-13-11-23(12-14-24)35-22-9-7-21(31)8-10-22/h7-14,17-18,20,35H,4-6,15-16,32H2,1-3H3,(H,33,39)(H,34,38). The highest BCUT2D eigenvalue weighted by Crippen LogP contribution is 2.46. The van der Waals surface area contributed by atoms with Gasteiger partial charge in [0.15, 0.2) is 0 Å². The van der Waals surface area contributed by atoms with Gasteiger partial charge in [0.2, 0.25) is 15.9 Å². The second-order valence-electron chi connectivity index (χ2n) is 10.2. The predicted octanol–water partition coefficient (Wildman–Crippen LogP) is 4.19. The SMILES string of the molecule is CNC(=O)C(=Nc1ccc(Nc2ccc(F)cc2)cc1)c1cc(C2CC2)c(N(CCCNC(C)=O)S(C)(=O)=O)cc1N. The van der Waals surface area contributed by atoms with Gasteiger partial charge in [0.25, 0.3) is 5.91 Å². The van der Waals surface area contributed by atoms with Crippen LogP contribution in [0.25, 0.3) is 0 Å². The smallest absolute Gasteiger partial charge is 0.270 e. The number of nitrogens with two attached hydrogens (primary N) is 1. The van der Waals surface area contributed by atoms with Gasteiger partial charge in [-0.1, -0.05) is 0 Å². The summed E-state index contributed by atoms with van der Waals surface area (Å²) in [5, 5.41) is 8.48. The van der Waals surface area contributed by atoms with Crippen LogP contribution in [0, 0.1) is 5.82 Å². The predicted molar refractivity (Wildman–Crippen MR) is 165 cm³/mol. The fraction of sp³-hybridized carbons (Fsp3) is 0.300. The monoisotopic (exact) mass is 594 g/mol. The first-order valence-corrected chi connectivity index (χ1v) is 15.4. The molecule has 1 aliphatic rings. The van der Waals surface area contributed by atoms with Crippen LogP contribution in [0.5, 0.6) is 0 Å². The Hall–Kier alpha value is -4.45. The number of halogens is 1. The number of carbonyl (C=O) groups is 2. The van der Waals surface area contributed by atoms with Crippen LogP contribution in [0.15, 0.2) is 65.7 Å². The zero-order chi connectivity index (χ0) is 30.4. The molecule has 3 aromatic rings. The molecule has 42 heavy (non-hydrogen) atoms. The lowest BCUT2D eigenvalue weighted by molar-refractivity contribution is -0.119. The van der Waals surface area contributed by atoms with Crippen molar-refractivity contribution in [2.75, 3.05) is 41.7 Å². The Bertz CT molecular complexity index is 1590. The first kappa shape index (κ1) is 30.5. The molecule has 0 aromatic heterocycles. The lowest BCUT2D eigenvalue weighted by Gasteiger charge is -2.26. The lowest BCUT2D eigenvalue weighted by Crippen LogP contribution is -2.34. The topological polar surface area (TPSA) is 146 Å². The molecular formula is C30H35FN6O4S. The molecule has 2 amide bonds. The van der Waals surface area contributed by atoms with Crippen LogP contribution in [-0.2, 0) is 19.6 Å². The van der Waals surface area contributed by atoms with Gasteiger partial charge in [0.1, 0.15) is 11.5 Å². The molecule has 12 heteroatoms. The van der Waals surface area contributed by atoms with Crippen LogP contribution >= 0.6 is 0 Å². The third kappa shape index (κ3) is 7.84. The highest BCUT2D eigenvalue weighted by atomic mass is 32.2. The van der Waals surface area contributed by atoms with Gasteiger partial charge in [-0.05, 0) is 91.4 Å². The number of amides is 2. The molecule has 3 aromatic carbocycles. The quantitative estimate of drug-likeness (QED) is 0.141. The average Bonchev–Trinajstić information content (AvgIpc) is 3.78. The van der Waals surface area contributed by atoms with Crippen LogP contribution in [0.2, 0.25) is 0 Å². The minimum Gasteiger partial charge on any atom is -0.398 e. The molecule has 222 valence electrons. The molecule has 0 radical (unpaired) electrons. The van der Waals surface area contributed by atoms with Crippen molar-refractivity contribution in [2.24, 2.45) is 4.99 Å². The van der Waals surface area contributed by atoms with E-state index in [0.29, 0.717) is 29.9 Å². The van der Waals surface area contributed by atoms with E-state index in [2.05, 4.69) is 20.9 Å². The van der Waals surface area contributed by atoms with Crippen LogP contribution in [0.1, 0.15) is 43.2 Å². The molecule has 5 N–H and O–H groups in total. The fourth-order valence-corrected chi connectivity index (χ4v) is 5.49. The molecule has 0 saturated heterocycles. The van der Waals surface area contributed by atoms with Crippen molar-refractivity contribution < 1.29 is 22.4 Å². The number of nitrogens with zero attached hydrogens (tertiary/aromatic N) is 2. The minimum absolute atomic E-state index is 0.0965. The van der Waals surface area contributed by atoms with Crippen molar-refractivity contribution in [3.63, 3.8) is 0 Å². The van der Waals surface area contributed by atoms with E-state index in [4.69, 9.17) is 5.73 Å². The maximum Gasteiger partial charge on any atom is 0.270 e. The molecule has 10 nitrogen and oxygen atoms in total. The summed E-state index contributed by atoms with van der Waals surface area (Å²) < 4.78 is 40.2. The summed E-state index contributed by atoms with van der Waals surface area (Å²) >= 11 is 0. The zero-order valence-electron chi connectivity index (χ0n) is 23.8. The third-order valence-electron chi connectivity index (χ3n) is 6.74. The van der Waals surface area contributed by atoms with Crippen molar-refractivity contribution in [3.8, 4) is 0 Å². The Labute approximate surface area is 245 Å². The van der Waals surface area contributed by atoms with Crippen LogP contribution in [0.4, 0.5) is 32.8 Å². The van der Waals surface area contributed by atoms with E-state index in [-0.39, 0.29) is 35.6 Å². The van der Waals surface area contributed by atoms with E-state index >= 15 is 0 Å². The summed E-state index contributed by atoms with van der Waals surface area (Å²) in [6.07, 6.45) is 3.32. The fourth-order valence-electron chi connectivity index (χ4n) is 4.52. The maximum absolute atomic E-state index is 13.2. The van der Waals surface area contributed by atoms with Crippen molar-refractivity contribution in [2.45, 2.75) is 32.1 Å². The van der Waals surface area contributed by atoms with E-state index in [1.54, 1.807) is 48.5 Å². The van der Waals surface area contributed by atoms with Crippen molar-refractivity contribution in [1.29, 1.82) is 0 Å². The Morgan fingerprint density at radius 3 is 2.21 bits per heavy atom. The molecule has 0 atom stereocenters. The largest absolute Gasteiger partial charge is 0.398 e. The Morgan fingerprint density at radius 2 is 1.67 bits per heavy atom. The van der Waals surface area contributed by atoms with Crippen LogP contribution < -0.4 is 26.0 Å². The molecule has 4 rings (SSSR count). The molecule has 1 fully saturated rings.